The molecule has 10 nitrogen and oxygen atoms in total. The number of aliphatic hydroxyl groups excluding tert-OH is 1. The van der Waals surface area contributed by atoms with Crippen molar-refractivity contribution >= 4 is 28.6 Å². The summed E-state index contributed by atoms with van der Waals surface area (Å²) >= 11 is 0. The smallest absolute Gasteiger partial charge is 0.301 e. The molecule has 0 saturated heterocycles. The fraction of sp³-hybridized carbons (Fsp3) is 0.500. The number of nitrogens with one attached hydrogen (secondary N) is 1. The molecule has 10 heteroatoms. The lowest BCUT2D eigenvalue weighted by Gasteiger charge is -2.21. The molecule has 0 aromatic heterocycles. The van der Waals surface area contributed by atoms with Gasteiger partial charge < -0.3 is 5.11 Å². The molecule has 0 heterocycles. The van der Waals surface area contributed by atoms with Crippen molar-refractivity contribution < 1.29 is 19.7 Å². The molecule has 1 aromatic carbocycles. The molecule has 0 radical (unpaired) electrons. The van der Waals surface area contributed by atoms with E-state index in [1.54, 1.807) is 0 Å². The van der Waals surface area contributed by atoms with Gasteiger partial charge in [-0.1, -0.05) is 0 Å². The summed E-state index contributed by atoms with van der Waals surface area (Å²) in [6.07, 6.45) is 2.34. The van der Waals surface area contributed by atoms with Gasteiger partial charge in [0.1, 0.15) is 11.8 Å². The number of benzene rings is 1. The molecule has 0 spiro atoms. The normalized spacial score (nSPS) is 27.0. The van der Waals surface area contributed by atoms with Gasteiger partial charge in [0, 0.05) is 30.0 Å². The number of carbonyl (C=O) groups is 1. The van der Waals surface area contributed by atoms with Crippen molar-refractivity contribution in [3.8, 4) is 0 Å². The van der Waals surface area contributed by atoms with Crippen LogP contribution in [0.4, 0.5) is 17.1 Å². The maximum absolute atomic E-state index is 11.6. The average molecular weight is 362 g/mol. The van der Waals surface area contributed by atoms with E-state index >= 15 is 0 Å². The van der Waals surface area contributed by atoms with Crippen molar-refractivity contribution in [1.29, 1.82) is 0 Å². The van der Waals surface area contributed by atoms with Crippen molar-refractivity contribution in [1.82, 2.24) is 0 Å². The number of nitro benzene ring substituents is 2. The highest BCUT2D eigenvalue weighted by Gasteiger charge is 2.41. The van der Waals surface area contributed by atoms with Gasteiger partial charge in [-0.05, 0) is 31.7 Å². The second-order valence-electron chi connectivity index (χ2n) is 6.54. The fourth-order valence-corrected chi connectivity index (χ4v) is 3.74. The van der Waals surface area contributed by atoms with Crippen LogP contribution < -0.4 is 5.43 Å². The Bertz CT molecular complexity index is 793. The Morgan fingerprint density at radius 2 is 1.92 bits per heavy atom. The number of rotatable bonds is 5. The van der Waals surface area contributed by atoms with Crippen LogP contribution in [0.1, 0.15) is 32.1 Å². The molecule has 0 bridgehead atoms. The number of aliphatic hydroxyl groups is 1. The highest BCUT2D eigenvalue weighted by atomic mass is 16.6. The van der Waals surface area contributed by atoms with E-state index in [0.29, 0.717) is 19.3 Å². The minimum absolute atomic E-state index is 0.0407. The fourth-order valence-electron chi connectivity index (χ4n) is 3.74. The molecule has 0 unspecified atom stereocenters. The third-order valence-corrected chi connectivity index (χ3v) is 5.06. The van der Waals surface area contributed by atoms with Gasteiger partial charge in [-0.25, -0.2) is 0 Å². The zero-order valence-corrected chi connectivity index (χ0v) is 13.8. The van der Waals surface area contributed by atoms with Gasteiger partial charge in [0.25, 0.3) is 5.69 Å². The van der Waals surface area contributed by atoms with Crippen molar-refractivity contribution in [3.05, 3.63) is 38.4 Å². The number of hydrazone groups is 1. The summed E-state index contributed by atoms with van der Waals surface area (Å²) in [5, 5.41) is 36.3. The van der Waals surface area contributed by atoms with Crippen LogP contribution in [0, 0.1) is 32.1 Å². The number of nitro groups is 2. The molecule has 0 aliphatic heterocycles. The van der Waals surface area contributed by atoms with Crippen LogP contribution in [0.3, 0.4) is 0 Å². The van der Waals surface area contributed by atoms with Gasteiger partial charge in [0.05, 0.1) is 15.9 Å². The number of hydrogen-bond donors (Lipinski definition) is 2. The van der Waals surface area contributed by atoms with E-state index in [-0.39, 0.29) is 29.0 Å². The molecule has 3 rings (SSSR count). The molecular formula is C16H18N4O6. The Labute approximate surface area is 148 Å². The summed E-state index contributed by atoms with van der Waals surface area (Å²) in [5.74, 6) is -0.362. The number of anilines is 1. The molecule has 2 saturated carbocycles. The first kappa shape index (κ1) is 17.9. The zero-order chi connectivity index (χ0) is 18.8. The average Bonchev–Trinajstić information content (AvgIpc) is 3.19. The number of Topliss-reactive ketones (excluding diaryl/α,β-unsaturated/α-hetero) is 1. The van der Waals surface area contributed by atoms with Gasteiger partial charge in [-0.15, -0.1) is 0 Å². The van der Waals surface area contributed by atoms with Crippen LogP contribution in [-0.4, -0.2) is 32.6 Å². The SMILES string of the molecule is O=C1CC[C@H]([C@H]2CCC/C2=N/Nc2ccc([N+](=O)[O-])cc2[N+](=O)[O-])[C@@H]1O. The van der Waals surface area contributed by atoms with E-state index in [1.807, 2.05) is 0 Å². The first-order valence-electron chi connectivity index (χ1n) is 8.34. The molecule has 1 aromatic rings. The standard InChI is InChI=1S/C16H18N4O6/c21-15-7-5-11(16(15)22)10-2-1-3-12(10)17-18-13-6-4-9(19(23)24)8-14(13)20(25)26/h4,6,8,10-11,16,18,22H,1-3,5,7H2/b17-12-/t10-,11-,16+/m1/s1. The van der Waals surface area contributed by atoms with Gasteiger partial charge >= 0.3 is 5.69 Å². The number of non-ortho nitro benzene ring substituents is 1. The van der Waals surface area contributed by atoms with E-state index in [2.05, 4.69) is 10.5 Å². The predicted octanol–water partition coefficient (Wildman–Crippen LogP) is 2.41. The molecule has 0 amide bonds. The monoisotopic (exact) mass is 362 g/mol. The van der Waals surface area contributed by atoms with E-state index in [9.17, 15) is 30.1 Å². The Kier molecular flexibility index (Phi) is 4.94. The minimum atomic E-state index is -0.975. The van der Waals surface area contributed by atoms with Gasteiger partial charge in [0.2, 0.25) is 0 Å². The number of ketones is 1. The number of nitrogens with zero attached hydrogens (tertiary/aromatic N) is 3. The summed E-state index contributed by atoms with van der Waals surface area (Å²) < 4.78 is 0. The van der Waals surface area contributed by atoms with Crippen molar-refractivity contribution in [2.24, 2.45) is 16.9 Å². The molecule has 138 valence electrons. The molecule has 2 aliphatic carbocycles. The molecule has 26 heavy (non-hydrogen) atoms. The molecular weight excluding hydrogens is 344 g/mol. The van der Waals surface area contributed by atoms with Crippen molar-refractivity contribution in [2.75, 3.05) is 5.43 Å². The predicted molar refractivity (Wildman–Crippen MR) is 91.9 cm³/mol. The molecule has 2 aliphatic rings. The maximum atomic E-state index is 11.6. The summed E-state index contributed by atoms with van der Waals surface area (Å²) in [6, 6.07) is 3.30. The summed E-state index contributed by atoms with van der Waals surface area (Å²) in [6.45, 7) is 0. The van der Waals surface area contributed by atoms with E-state index in [1.165, 1.54) is 12.1 Å². The Hall–Kier alpha value is -2.88. The molecule has 2 N–H and O–H groups in total. The second kappa shape index (κ2) is 7.16. The lowest BCUT2D eigenvalue weighted by Crippen LogP contribution is -2.29. The quantitative estimate of drug-likeness (QED) is 0.603. The summed E-state index contributed by atoms with van der Waals surface area (Å²) in [7, 11) is 0. The summed E-state index contributed by atoms with van der Waals surface area (Å²) in [4.78, 5) is 32.1. The number of carbonyl (C=O) groups excluding carboxylic acids is 1. The maximum Gasteiger partial charge on any atom is 0.301 e. The number of hydrogen-bond acceptors (Lipinski definition) is 8. The van der Waals surface area contributed by atoms with Crippen LogP contribution >= 0.6 is 0 Å². The van der Waals surface area contributed by atoms with Crippen LogP contribution in [-0.2, 0) is 4.79 Å². The lowest BCUT2D eigenvalue weighted by atomic mass is 9.87. The van der Waals surface area contributed by atoms with Gasteiger partial charge in [-0.2, -0.15) is 5.10 Å². The second-order valence-corrected chi connectivity index (χ2v) is 6.54. The van der Waals surface area contributed by atoms with Crippen LogP contribution in [0.5, 0.6) is 0 Å². The molecule has 2 fully saturated rings. The highest BCUT2D eigenvalue weighted by Crippen LogP contribution is 2.38. The van der Waals surface area contributed by atoms with Gasteiger partial charge in [-0.3, -0.25) is 30.4 Å². The first-order chi connectivity index (χ1) is 12.4. The Balaban J connectivity index is 1.81. The van der Waals surface area contributed by atoms with Crippen LogP contribution in [0.25, 0.3) is 0 Å². The Morgan fingerprint density at radius 1 is 1.15 bits per heavy atom. The van der Waals surface area contributed by atoms with Crippen molar-refractivity contribution in [2.45, 2.75) is 38.2 Å². The Morgan fingerprint density at radius 3 is 2.54 bits per heavy atom. The third-order valence-electron chi connectivity index (χ3n) is 5.06. The van der Waals surface area contributed by atoms with E-state index in [0.717, 1.165) is 24.6 Å². The first-order valence-corrected chi connectivity index (χ1v) is 8.34. The minimum Gasteiger partial charge on any atom is -0.385 e. The topological polar surface area (TPSA) is 148 Å². The third kappa shape index (κ3) is 3.40. The summed E-state index contributed by atoms with van der Waals surface area (Å²) in [5.41, 5.74) is 2.65. The zero-order valence-electron chi connectivity index (χ0n) is 13.8. The van der Waals surface area contributed by atoms with E-state index < -0.39 is 21.6 Å². The van der Waals surface area contributed by atoms with Crippen LogP contribution in [0.2, 0.25) is 0 Å². The van der Waals surface area contributed by atoms with Gasteiger partial charge in [0.15, 0.2) is 5.78 Å². The highest BCUT2D eigenvalue weighted by molar-refractivity contribution is 5.92. The van der Waals surface area contributed by atoms with Crippen molar-refractivity contribution in [3.63, 3.8) is 0 Å². The molecule has 3 atom stereocenters. The van der Waals surface area contributed by atoms with Crippen LogP contribution in [0.15, 0.2) is 23.3 Å². The lowest BCUT2D eigenvalue weighted by molar-refractivity contribution is -0.393. The largest absolute Gasteiger partial charge is 0.385 e. The van der Waals surface area contributed by atoms with E-state index in [4.69, 9.17) is 0 Å².